The largest absolute Gasteiger partial charge is 0.368 e. The fourth-order valence-corrected chi connectivity index (χ4v) is 3.27. The summed E-state index contributed by atoms with van der Waals surface area (Å²) in [7, 11) is 0. The molecule has 3 atom stereocenters. The first kappa shape index (κ1) is 12.1. The van der Waals surface area contributed by atoms with E-state index in [4.69, 9.17) is 4.74 Å². The van der Waals surface area contributed by atoms with Crippen LogP contribution in [-0.4, -0.2) is 18.0 Å². The van der Waals surface area contributed by atoms with E-state index in [9.17, 15) is 4.79 Å². The van der Waals surface area contributed by atoms with Gasteiger partial charge in [-0.3, -0.25) is 4.79 Å². The minimum Gasteiger partial charge on any atom is -0.368 e. The van der Waals surface area contributed by atoms with E-state index in [1.54, 1.807) is 0 Å². The molecule has 0 spiro atoms. The van der Waals surface area contributed by atoms with E-state index >= 15 is 0 Å². The van der Waals surface area contributed by atoms with Crippen molar-refractivity contribution in [2.24, 2.45) is 17.8 Å². The summed E-state index contributed by atoms with van der Waals surface area (Å²) in [5, 5.41) is 0. The molecule has 2 aliphatic carbocycles. The van der Waals surface area contributed by atoms with Crippen LogP contribution in [0.15, 0.2) is 0 Å². The van der Waals surface area contributed by atoms with Crippen molar-refractivity contribution >= 4 is 5.78 Å². The number of ketones is 1. The maximum atomic E-state index is 11.8. The lowest BCUT2D eigenvalue weighted by Crippen LogP contribution is -2.25. The minimum absolute atomic E-state index is 0.190. The molecule has 92 valence electrons. The molecule has 0 aromatic rings. The zero-order chi connectivity index (χ0) is 11.8. The summed E-state index contributed by atoms with van der Waals surface area (Å²) < 4.78 is 5.53. The first-order valence-electron chi connectivity index (χ1n) is 6.60. The highest BCUT2D eigenvalue weighted by molar-refractivity contribution is 5.80. The van der Waals surface area contributed by atoms with E-state index in [1.807, 2.05) is 20.8 Å². The number of hydrogen-bond acceptors (Lipinski definition) is 2. The van der Waals surface area contributed by atoms with Crippen LogP contribution in [0.5, 0.6) is 0 Å². The van der Waals surface area contributed by atoms with Crippen molar-refractivity contribution in [1.29, 1.82) is 0 Å². The van der Waals surface area contributed by atoms with Crippen LogP contribution in [-0.2, 0) is 9.53 Å². The molecule has 0 saturated heterocycles. The molecule has 2 saturated carbocycles. The van der Waals surface area contributed by atoms with Crippen LogP contribution in [0.1, 0.15) is 52.9 Å². The van der Waals surface area contributed by atoms with Gasteiger partial charge in [0.15, 0.2) is 5.78 Å². The molecule has 2 rings (SSSR count). The van der Waals surface area contributed by atoms with Gasteiger partial charge in [0.1, 0.15) is 6.61 Å². The van der Waals surface area contributed by atoms with E-state index in [1.165, 1.54) is 25.7 Å². The number of rotatable bonds is 4. The Morgan fingerprint density at radius 1 is 1.25 bits per heavy atom. The third kappa shape index (κ3) is 3.07. The summed E-state index contributed by atoms with van der Waals surface area (Å²) in [5.41, 5.74) is -0.190. The van der Waals surface area contributed by atoms with Crippen LogP contribution in [0.3, 0.4) is 0 Å². The average Bonchev–Trinajstić information content (AvgIpc) is 2.75. The molecular weight excluding hydrogens is 200 g/mol. The lowest BCUT2D eigenvalue weighted by atomic mass is 9.85. The van der Waals surface area contributed by atoms with Crippen LogP contribution >= 0.6 is 0 Å². The number of carbonyl (C=O) groups excluding carboxylic acids is 1. The number of fused-ring (bicyclic) bond motifs is 2. The Morgan fingerprint density at radius 3 is 2.50 bits per heavy atom. The van der Waals surface area contributed by atoms with Crippen molar-refractivity contribution < 1.29 is 9.53 Å². The summed E-state index contributed by atoms with van der Waals surface area (Å²) in [6.07, 6.45) is 6.22. The maximum absolute atomic E-state index is 11.8. The van der Waals surface area contributed by atoms with Gasteiger partial charge in [-0.25, -0.2) is 0 Å². The zero-order valence-corrected chi connectivity index (χ0v) is 10.8. The molecule has 3 unspecified atom stereocenters. The van der Waals surface area contributed by atoms with E-state index in [0.717, 1.165) is 18.3 Å². The third-order valence-electron chi connectivity index (χ3n) is 4.04. The Morgan fingerprint density at radius 2 is 2.00 bits per heavy atom. The Hall–Kier alpha value is -0.370. The Bertz CT molecular complexity index is 264. The molecule has 0 radical (unpaired) electrons. The Labute approximate surface area is 98.7 Å². The Kier molecular flexibility index (Phi) is 3.39. The molecule has 16 heavy (non-hydrogen) atoms. The van der Waals surface area contributed by atoms with Crippen molar-refractivity contribution in [1.82, 2.24) is 0 Å². The van der Waals surface area contributed by atoms with Gasteiger partial charge in [-0.1, -0.05) is 6.42 Å². The summed E-state index contributed by atoms with van der Waals surface area (Å²) in [6.45, 7) is 6.30. The lowest BCUT2D eigenvalue weighted by Gasteiger charge is -2.22. The average molecular weight is 224 g/mol. The molecule has 0 aromatic heterocycles. The van der Waals surface area contributed by atoms with Gasteiger partial charge in [0, 0.05) is 6.42 Å². The molecule has 0 aliphatic heterocycles. The van der Waals surface area contributed by atoms with Gasteiger partial charge in [-0.05, 0) is 57.8 Å². The van der Waals surface area contributed by atoms with E-state index in [-0.39, 0.29) is 5.60 Å². The maximum Gasteiger partial charge on any atom is 0.158 e. The predicted octanol–water partition coefficient (Wildman–Crippen LogP) is 3.20. The second-order valence-corrected chi connectivity index (χ2v) is 6.58. The summed E-state index contributed by atoms with van der Waals surface area (Å²) in [5.74, 6) is 2.76. The summed E-state index contributed by atoms with van der Waals surface area (Å²) in [4.78, 5) is 11.8. The Balaban J connectivity index is 1.72. The molecule has 0 N–H and O–H groups in total. The van der Waals surface area contributed by atoms with Crippen molar-refractivity contribution in [2.45, 2.75) is 58.5 Å². The molecular formula is C14H24O2. The number of carbonyl (C=O) groups is 1. The highest BCUT2D eigenvalue weighted by Gasteiger charge is 2.39. The smallest absolute Gasteiger partial charge is 0.158 e. The molecule has 0 heterocycles. The highest BCUT2D eigenvalue weighted by atomic mass is 16.5. The zero-order valence-electron chi connectivity index (χ0n) is 10.8. The molecule has 2 heteroatoms. The SMILES string of the molecule is CC(C)(C)OCC(=O)CC1CC2CCC1C2. The number of hydrogen-bond donors (Lipinski definition) is 0. The monoisotopic (exact) mass is 224 g/mol. The molecule has 2 bridgehead atoms. The molecule has 0 amide bonds. The van der Waals surface area contributed by atoms with E-state index < -0.39 is 0 Å². The van der Waals surface area contributed by atoms with E-state index in [2.05, 4.69) is 0 Å². The minimum atomic E-state index is -0.190. The standard InChI is InChI=1S/C14H24O2/c1-14(2,3)16-9-13(15)8-12-7-10-4-5-11(12)6-10/h10-12H,4-9H2,1-3H3. The first-order valence-corrected chi connectivity index (χ1v) is 6.60. The molecule has 0 aromatic carbocycles. The van der Waals surface area contributed by atoms with Crippen molar-refractivity contribution in [2.75, 3.05) is 6.61 Å². The first-order chi connectivity index (χ1) is 7.44. The fraction of sp³-hybridized carbons (Fsp3) is 0.929. The van der Waals surface area contributed by atoms with Crippen LogP contribution in [0, 0.1) is 17.8 Å². The van der Waals surface area contributed by atoms with Crippen molar-refractivity contribution in [3.63, 3.8) is 0 Å². The summed E-state index contributed by atoms with van der Waals surface area (Å²) >= 11 is 0. The second-order valence-electron chi connectivity index (χ2n) is 6.58. The molecule has 2 aliphatic rings. The second kappa shape index (κ2) is 4.48. The van der Waals surface area contributed by atoms with Crippen LogP contribution in [0.2, 0.25) is 0 Å². The van der Waals surface area contributed by atoms with Gasteiger partial charge in [0.05, 0.1) is 5.60 Å². The normalized spacial score (nSPS) is 33.3. The predicted molar refractivity (Wildman–Crippen MR) is 64.3 cm³/mol. The van der Waals surface area contributed by atoms with Crippen LogP contribution < -0.4 is 0 Å². The quantitative estimate of drug-likeness (QED) is 0.733. The van der Waals surface area contributed by atoms with Crippen molar-refractivity contribution in [3.05, 3.63) is 0 Å². The summed E-state index contributed by atoms with van der Waals surface area (Å²) in [6, 6.07) is 0. The molecule has 2 nitrogen and oxygen atoms in total. The van der Waals surface area contributed by atoms with Gasteiger partial charge < -0.3 is 4.74 Å². The number of Topliss-reactive ketones (excluding diaryl/α,β-unsaturated/α-hetero) is 1. The van der Waals surface area contributed by atoms with Gasteiger partial charge >= 0.3 is 0 Å². The lowest BCUT2D eigenvalue weighted by molar-refractivity contribution is -0.129. The van der Waals surface area contributed by atoms with Crippen LogP contribution in [0.25, 0.3) is 0 Å². The third-order valence-corrected chi connectivity index (χ3v) is 4.04. The van der Waals surface area contributed by atoms with Crippen molar-refractivity contribution in [3.8, 4) is 0 Å². The highest BCUT2D eigenvalue weighted by Crippen LogP contribution is 2.49. The van der Waals surface area contributed by atoms with Gasteiger partial charge in [-0.2, -0.15) is 0 Å². The fourth-order valence-electron chi connectivity index (χ4n) is 3.27. The van der Waals surface area contributed by atoms with Gasteiger partial charge in [0.25, 0.3) is 0 Å². The molecule has 2 fully saturated rings. The number of ether oxygens (including phenoxy) is 1. The van der Waals surface area contributed by atoms with Gasteiger partial charge in [0.2, 0.25) is 0 Å². The topological polar surface area (TPSA) is 26.3 Å². The van der Waals surface area contributed by atoms with Crippen LogP contribution in [0.4, 0.5) is 0 Å². The van der Waals surface area contributed by atoms with Gasteiger partial charge in [-0.15, -0.1) is 0 Å². The van der Waals surface area contributed by atoms with E-state index in [0.29, 0.717) is 18.3 Å².